The van der Waals surface area contributed by atoms with E-state index in [0.717, 1.165) is 35.5 Å². The van der Waals surface area contributed by atoms with Gasteiger partial charge < -0.3 is 5.32 Å². The second-order valence-corrected chi connectivity index (χ2v) is 7.89. The lowest BCUT2D eigenvalue weighted by Gasteiger charge is -2.20. The smallest absolute Gasteiger partial charge is 0.146 e. The SMILES string of the molecule is N=S1(=O)CCCc2ncnc(NCCc3ccc(Cl)cc3)c21. The van der Waals surface area contributed by atoms with E-state index in [1.165, 1.54) is 6.33 Å². The summed E-state index contributed by atoms with van der Waals surface area (Å²) in [6.45, 7) is 0.653. The molecule has 22 heavy (non-hydrogen) atoms. The maximum Gasteiger partial charge on any atom is 0.146 e. The number of aromatic nitrogens is 2. The van der Waals surface area contributed by atoms with E-state index < -0.39 is 9.73 Å². The average Bonchev–Trinajstić information content (AvgIpc) is 2.49. The van der Waals surface area contributed by atoms with E-state index in [0.29, 0.717) is 23.0 Å². The number of fused-ring (bicyclic) bond motifs is 1. The van der Waals surface area contributed by atoms with Crippen molar-refractivity contribution in [3.05, 3.63) is 46.9 Å². The zero-order valence-electron chi connectivity index (χ0n) is 12.0. The predicted octanol–water partition coefficient (Wildman–Crippen LogP) is 3.14. The highest BCUT2D eigenvalue weighted by molar-refractivity contribution is 7.92. The zero-order valence-corrected chi connectivity index (χ0v) is 13.6. The monoisotopic (exact) mass is 336 g/mol. The Morgan fingerprint density at radius 1 is 1.27 bits per heavy atom. The van der Waals surface area contributed by atoms with Gasteiger partial charge in [0, 0.05) is 17.3 Å². The van der Waals surface area contributed by atoms with Crippen molar-refractivity contribution in [2.75, 3.05) is 17.6 Å². The Kier molecular flexibility index (Phi) is 4.31. The van der Waals surface area contributed by atoms with E-state index in [9.17, 15) is 4.21 Å². The van der Waals surface area contributed by atoms with Crippen molar-refractivity contribution in [2.24, 2.45) is 0 Å². The number of halogens is 1. The summed E-state index contributed by atoms with van der Waals surface area (Å²) in [6.07, 6.45) is 3.79. The summed E-state index contributed by atoms with van der Waals surface area (Å²) in [5.41, 5.74) is 1.90. The minimum absolute atomic E-state index is 0.388. The van der Waals surface area contributed by atoms with Gasteiger partial charge in [-0.1, -0.05) is 23.7 Å². The van der Waals surface area contributed by atoms with Crippen LogP contribution in [0.2, 0.25) is 5.02 Å². The lowest BCUT2D eigenvalue weighted by molar-refractivity contribution is 0.660. The highest BCUT2D eigenvalue weighted by atomic mass is 35.5. The molecule has 1 aromatic heterocycles. The molecule has 1 aromatic carbocycles. The molecule has 7 heteroatoms. The van der Waals surface area contributed by atoms with Gasteiger partial charge in [-0.05, 0) is 37.0 Å². The van der Waals surface area contributed by atoms with E-state index in [-0.39, 0.29) is 0 Å². The van der Waals surface area contributed by atoms with Crippen molar-refractivity contribution >= 4 is 27.1 Å². The summed E-state index contributed by atoms with van der Waals surface area (Å²) >= 11 is 5.87. The average molecular weight is 337 g/mol. The van der Waals surface area contributed by atoms with Gasteiger partial charge in [0.15, 0.2) is 0 Å². The van der Waals surface area contributed by atoms with E-state index in [4.69, 9.17) is 16.4 Å². The Hall–Kier alpha value is -1.66. The largest absolute Gasteiger partial charge is 0.369 e. The third-order valence-corrected chi connectivity index (χ3v) is 5.88. The van der Waals surface area contributed by atoms with Crippen LogP contribution in [0.25, 0.3) is 0 Å². The van der Waals surface area contributed by atoms with Crippen LogP contribution in [0.4, 0.5) is 5.82 Å². The number of nitrogens with zero attached hydrogens (tertiary/aromatic N) is 2. The molecule has 5 nitrogen and oxygen atoms in total. The normalized spacial score (nSPS) is 20.4. The fourth-order valence-electron chi connectivity index (χ4n) is 2.58. The third kappa shape index (κ3) is 3.23. The number of nitrogens with one attached hydrogen (secondary N) is 2. The molecule has 1 atom stereocenters. The first kappa shape index (κ1) is 15.2. The molecule has 0 bridgehead atoms. The summed E-state index contributed by atoms with van der Waals surface area (Å²) in [4.78, 5) is 8.87. The number of hydrogen-bond acceptors (Lipinski definition) is 5. The minimum Gasteiger partial charge on any atom is -0.369 e. The number of rotatable bonds is 4. The van der Waals surface area contributed by atoms with Crippen LogP contribution in [0.15, 0.2) is 35.5 Å². The molecular weight excluding hydrogens is 320 g/mol. The first-order chi connectivity index (χ1) is 10.6. The highest BCUT2D eigenvalue weighted by Gasteiger charge is 2.25. The van der Waals surface area contributed by atoms with Crippen LogP contribution in [-0.4, -0.2) is 26.5 Å². The molecule has 1 aliphatic rings. The molecule has 116 valence electrons. The van der Waals surface area contributed by atoms with Gasteiger partial charge in [-0.25, -0.2) is 19.0 Å². The van der Waals surface area contributed by atoms with Gasteiger partial charge >= 0.3 is 0 Å². The Bertz CT molecular complexity index is 775. The van der Waals surface area contributed by atoms with Crippen LogP contribution < -0.4 is 5.32 Å². The quantitative estimate of drug-likeness (QED) is 0.899. The van der Waals surface area contributed by atoms with Crippen molar-refractivity contribution < 1.29 is 4.21 Å². The summed E-state index contributed by atoms with van der Waals surface area (Å²) in [7, 11) is -2.78. The second kappa shape index (κ2) is 6.22. The topological polar surface area (TPSA) is 78.7 Å². The summed E-state index contributed by atoms with van der Waals surface area (Å²) in [6, 6.07) is 7.68. The van der Waals surface area contributed by atoms with Crippen molar-refractivity contribution in [1.29, 1.82) is 4.78 Å². The first-order valence-corrected chi connectivity index (χ1v) is 9.25. The molecule has 2 aromatic rings. The first-order valence-electron chi connectivity index (χ1n) is 7.15. The van der Waals surface area contributed by atoms with Gasteiger partial charge in [0.2, 0.25) is 0 Å². The van der Waals surface area contributed by atoms with Crippen molar-refractivity contribution in [2.45, 2.75) is 24.2 Å². The van der Waals surface area contributed by atoms with Gasteiger partial charge in [0.1, 0.15) is 17.0 Å². The minimum atomic E-state index is -2.78. The lowest BCUT2D eigenvalue weighted by Crippen LogP contribution is -2.20. The van der Waals surface area contributed by atoms with Crippen LogP contribution in [-0.2, 0) is 22.6 Å². The fourth-order valence-corrected chi connectivity index (χ4v) is 4.44. The molecule has 0 radical (unpaired) electrons. The Balaban J connectivity index is 1.75. The lowest BCUT2D eigenvalue weighted by atomic mass is 10.1. The zero-order chi connectivity index (χ0) is 15.6. The number of aryl methyl sites for hydroxylation is 1. The molecule has 3 rings (SSSR count). The molecule has 2 N–H and O–H groups in total. The molecular formula is C15H17ClN4OS. The molecule has 0 spiro atoms. The van der Waals surface area contributed by atoms with Gasteiger partial charge in [0.05, 0.1) is 15.4 Å². The number of anilines is 1. The van der Waals surface area contributed by atoms with Crippen LogP contribution in [0, 0.1) is 4.78 Å². The number of benzene rings is 1. The highest BCUT2D eigenvalue weighted by Crippen LogP contribution is 2.29. The van der Waals surface area contributed by atoms with Gasteiger partial charge in [-0.15, -0.1) is 0 Å². The summed E-state index contributed by atoms with van der Waals surface area (Å²) < 4.78 is 20.5. The Morgan fingerprint density at radius 3 is 2.82 bits per heavy atom. The van der Waals surface area contributed by atoms with Gasteiger partial charge in [0.25, 0.3) is 0 Å². The maximum absolute atomic E-state index is 12.5. The van der Waals surface area contributed by atoms with E-state index >= 15 is 0 Å². The molecule has 0 amide bonds. The Labute approximate surface area is 135 Å². The van der Waals surface area contributed by atoms with Crippen LogP contribution in [0.3, 0.4) is 0 Å². The van der Waals surface area contributed by atoms with E-state index in [1.807, 2.05) is 24.3 Å². The van der Waals surface area contributed by atoms with Crippen molar-refractivity contribution in [3.63, 3.8) is 0 Å². The van der Waals surface area contributed by atoms with Crippen molar-refractivity contribution in [1.82, 2.24) is 9.97 Å². The summed E-state index contributed by atoms with van der Waals surface area (Å²) in [5.74, 6) is 0.929. The Morgan fingerprint density at radius 2 is 2.05 bits per heavy atom. The summed E-state index contributed by atoms with van der Waals surface area (Å²) in [5, 5.41) is 3.93. The van der Waals surface area contributed by atoms with E-state index in [2.05, 4.69) is 15.3 Å². The van der Waals surface area contributed by atoms with Gasteiger partial charge in [-0.2, -0.15) is 0 Å². The van der Waals surface area contributed by atoms with Gasteiger partial charge in [-0.3, -0.25) is 0 Å². The maximum atomic E-state index is 12.5. The molecule has 1 aliphatic heterocycles. The second-order valence-electron chi connectivity index (χ2n) is 5.28. The number of hydrogen-bond donors (Lipinski definition) is 2. The third-order valence-electron chi connectivity index (χ3n) is 3.67. The molecule has 1 unspecified atom stereocenters. The van der Waals surface area contributed by atoms with Crippen LogP contribution >= 0.6 is 11.6 Å². The van der Waals surface area contributed by atoms with Crippen LogP contribution in [0.5, 0.6) is 0 Å². The fraction of sp³-hybridized carbons (Fsp3) is 0.333. The van der Waals surface area contributed by atoms with Crippen molar-refractivity contribution in [3.8, 4) is 0 Å². The molecule has 2 heterocycles. The molecule has 0 saturated heterocycles. The molecule has 0 saturated carbocycles. The predicted molar refractivity (Wildman–Crippen MR) is 88.0 cm³/mol. The molecule has 0 fully saturated rings. The molecule has 0 aliphatic carbocycles. The standard InChI is InChI=1S/C15H17ClN4OS/c16-12-5-3-11(4-6-12)7-8-18-15-14-13(19-10-20-15)2-1-9-22(14,17)21/h3-6,10,17H,1-2,7-9H2,(H,18,19,20). The van der Waals surface area contributed by atoms with E-state index in [1.54, 1.807) is 0 Å². The van der Waals surface area contributed by atoms with Crippen LogP contribution in [0.1, 0.15) is 17.7 Å².